The number of hydrogen-bond donors (Lipinski definition) is 1. The molecule has 0 saturated carbocycles. The van der Waals surface area contributed by atoms with E-state index in [1.54, 1.807) is 0 Å². The van der Waals surface area contributed by atoms with Gasteiger partial charge in [0.2, 0.25) is 0 Å². The summed E-state index contributed by atoms with van der Waals surface area (Å²) >= 11 is 0. The highest BCUT2D eigenvalue weighted by Gasteiger charge is 2.06. The molecule has 1 amide bonds. The maximum atomic E-state index is 12.0. The molecule has 0 unspecified atom stereocenters. The Kier molecular flexibility index (Phi) is 6.03. The zero-order valence-corrected chi connectivity index (χ0v) is 13.8. The third kappa shape index (κ3) is 5.33. The van der Waals surface area contributed by atoms with Gasteiger partial charge in [-0.2, -0.15) is 0 Å². The maximum Gasteiger partial charge on any atom is 0.262 e. The summed E-state index contributed by atoms with van der Waals surface area (Å²) in [5.41, 5.74) is 1.81. The summed E-state index contributed by atoms with van der Waals surface area (Å²) in [5.74, 6) is 1.35. The van der Waals surface area contributed by atoms with Gasteiger partial charge in [-0.15, -0.1) is 0 Å². The van der Waals surface area contributed by atoms with Crippen molar-refractivity contribution in [2.75, 3.05) is 11.9 Å². The average Bonchev–Trinajstić information content (AvgIpc) is 2.54. The first kappa shape index (κ1) is 16.9. The quantitative estimate of drug-likeness (QED) is 0.838. The molecule has 0 bridgehead atoms. The molecule has 0 spiro atoms. The van der Waals surface area contributed by atoms with Crippen molar-refractivity contribution in [3.05, 3.63) is 54.1 Å². The van der Waals surface area contributed by atoms with Gasteiger partial charge >= 0.3 is 0 Å². The first-order chi connectivity index (χ1) is 11.1. The third-order valence-corrected chi connectivity index (χ3v) is 3.22. The standard InChI is InChI=1S/C19H23NO3/c1-4-15-7-5-6-8-18(15)22-13-19(21)20-16-9-11-17(12-10-16)23-14(2)3/h5-12,14H,4,13H2,1-3H3,(H,20,21). The fourth-order valence-electron chi connectivity index (χ4n) is 2.17. The van der Waals surface area contributed by atoms with Crippen molar-refractivity contribution < 1.29 is 14.3 Å². The van der Waals surface area contributed by atoms with Crippen molar-refractivity contribution in [1.29, 1.82) is 0 Å². The van der Waals surface area contributed by atoms with Gasteiger partial charge in [-0.25, -0.2) is 0 Å². The van der Waals surface area contributed by atoms with Crippen LogP contribution in [0, 0.1) is 0 Å². The molecular formula is C19H23NO3. The lowest BCUT2D eigenvalue weighted by molar-refractivity contribution is -0.118. The van der Waals surface area contributed by atoms with Crippen LogP contribution in [-0.2, 0) is 11.2 Å². The van der Waals surface area contributed by atoms with Gasteiger partial charge in [0.1, 0.15) is 11.5 Å². The topological polar surface area (TPSA) is 47.6 Å². The predicted molar refractivity (Wildman–Crippen MR) is 92.2 cm³/mol. The lowest BCUT2D eigenvalue weighted by Crippen LogP contribution is -2.20. The van der Waals surface area contributed by atoms with Gasteiger partial charge in [-0.1, -0.05) is 25.1 Å². The molecule has 0 fully saturated rings. The van der Waals surface area contributed by atoms with E-state index in [2.05, 4.69) is 12.2 Å². The summed E-state index contributed by atoms with van der Waals surface area (Å²) in [5, 5.41) is 2.81. The van der Waals surface area contributed by atoms with Crippen molar-refractivity contribution >= 4 is 11.6 Å². The molecule has 0 aliphatic heterocycles. The van der Waals surface area contributed by atoms with Gasteiger partial charge in [-0.05, 0) is 56.2 Å². The maximum absolute atomic E-state index is 12.0. The highest BCUT2D eigenvalue weighted by molar-refractivity contribution is 5.91. The molecule has 0 heterocycles. The van der Waals surface area contributed by atoms with Crippen molar-refractivity contribution in [2.24, 2.45) is 0 Å². The van der Waals surface area contributed by atoms with E-state index in [4.69, 9.17) is 9.47 Å². The van der Waals surface area contributed by atoms with E-state index in [-0.39, 0.29) is 18.6 Å². The minimum absolute atomic E-state index is 0.0126. The first-order valence-electron chi connectivity index (χ1n) is 7.85. The van der Waals surface area contributed by atoms with Crippen molar-refractivity contribution in [3.63, 3.8) is 0 Å². The number of hydrogen-bond acceptors (Lipinski definition) is 3. The molecular weight excluding hydrogens is 290 g/mol. The summed E-state index contributed by atoms with van der Waals surface area (Å²) < 4.78 is 11.2. The second kappa shape index (κ2) is 8.22. The number of anilines is 1. The number of carbonyl (C=O) groups excluding carboxylic acids is 1. The fraction of sp³-hybridized carbons (Fsp3) is 0.316. The Balaban J connectivity index is 1.87. The van der Waals surface area contributed by atoms with Crippen molar-refractivity contribution in [3.8, 4) is 11.5 Å². The van der Waals surface area contributed by atoms with Crippen LogP contribution < -0.4 is 14.8 Å². The highest BCUT2D eigenvalue weighted by atomic mass is 16.5. The molecule has 122 valence electrons. The van der Waals surface area contributed by atoms with Gasteiger partial charge in [-0.3, -0.25) is 4.79 Å². The number of nitrogens with one attached hydrogen (secondary N) is 1. The van der Waals surface area contributed by atoms with Crippen LogP contribution >= 0.6 is 0 Å². The molecule has 1 N–H and O–H groups in total. The Morgan fingerprint density at radius 1 is 1.09 bits per heavy atom. The van der Waals surface area contributed by atoms with Crippen LogP contribution in [0.4, 0.5) is 5.69 Å². The Morgan fingerprint density at radius 2 is 1.78 bits per heavy atom. The van der Waals surface area contributed by atoms with Crippen LogP contribution in [0.25, 0.3) is 0 Å². The SMILES string of the molecule is CCc1ccccc1OCC(=O)Nc1ccc(OC(C)C)cc1. The molecule has 4 nitrogen and oxygen atoms in total. The van der Waals surface area contributed by atoms with Crippen LogP contribution in [0.2, 0.25) is 0 Å². The van der Waals surface area contributed by atoms with Gasteiger partial charge in [0, 0.05) is 5.69 Å². The molecule has 4 heteroatoms. The zero-order valence-electron chi connectivity index (χ0n) is 13.8. The summed E-state index contributed by atoms with van der Waals surface area (Å²) in [7, 11) is 0. The summed E-state index contributed by atoms with van der Waals surface area (Å²) in [6, 6.07) is 15.0. The van der Waals surface area contributed by atoms with Crippen molar-refractivity contribution in [2.45, 2.75) is 33.3 Å². The third-order valence-electron chi connectivity index (χ3n) is 3.22. The summed E-state index contributed by atoms with van der Waals surface area (Å²) in [4.78, 5) is 12.0. The molecule has 0 aliphatic carbocycles. The van der Waals surface area contributed by atoms with Gasteiger partial charge in [0.05, 0.1) is 6.10 Å². The van der Waals surface area contributed by atoms with E-state index in [0.29, 0.717) is 0 Å². The van der Waals surface area contributed by atoms with Crippen molar-refractivity contribution in [1.82, 2.24) is 0 Å². The molecule has 0 saturated heterocycles. The minimum atomic E-state index is -0.187. The fourth-order valence-corrected chi connectivity index (χ4v) is 2.17. The molecule has 0 radical (unpaired) electrons. The Morgan fingerprint density at radius 3 is 2.43 bits per heavy atom. The van der Waals surface area contributed by atoms with E-state index >= 15 is 0 Å². The summed E-state index contributed by atoms with van der Waals surface area (Å²) in [6.07, 6.45) is 0.997. The molecule has 0 aromatic heterocycles. The Bertz CT molecular complexity index is 635. The van der Waals surface area contributed by atoms with E-state index in [9.17, 15) is 4.79 Å². The van der Waals surface area contributed by atoms with Crippen LogP contribution in [0.5, 0.6) is 11.5 Å². The smallest absolute Gasteiger partial charge is 0.262 e. The monoisotopic (exact) mass is 313 g/mol. The van der Waals surface area contributed by atoms with E-state index in [1.165, 1.54) is 0 Å². The van der Waals surface area contributed by atoms with E-state index < -0.39 is 0 Å². The van der Waals surface area contributed by atoms with Gasteiger partial charge in [0.25, 0.3) is 5.91 Å². The van der Waals surface area contributed by atoms with E-state index in [1.807, 2.05) is 62.4 Å². The number of aryl methyl sites for hydroxylation is 1. The minimum Gasteiger partial charge on any atom is -0.491 e. The predicted octanol–water partition coefficient (Wildman–Crippen LogP) is 4.05. The number of rotatable bonds is 7. The molecule has 2 aromatic rings. The normalized spacial score (nSPS) is 10.4. The number of benzene rings is 2. The van der Waals surface area contributed by atoms with Crippen LogP contribution in [0.1, 0.15) is 26.3 Å². The average molecular weight is 313 g/mol. The molecule has 0 atom stereocenters. The second-order valence-corrected chi connectivity index (χ2v) is 5.49. The number of ether oxygens (including phenoxy) is 2. The first-order valence-corrected chi connectivity index (χ1v) is 7.85. The molecule has 23 heavy (non-hydrogen) atoms. The van der Waals surface area contributed by atoms with E-state index in [0.717, 1.165) is 29.2 Å². The van der Waals surface area contributed by atoms with Crippen LogP contribution in [-0.4, -0.2) is 18.6 Å². The molecule has 2 rings (SSSR count). The van der Waals surface area contributed by atoms with Gasteiger partial charge in [0.15, 0.2) is 6.61 Å². The highest BCUT2D eigenvalue weighted by Crippen LogP contribution is 2.19. The number of para-hydroxylation sites is 1. The number of amides is 1. The largest absolute Gasteiger partial charge is 0.491 e. The Labute approximate surface area is 137 Å². The summed E-state index contributed by atoms with van der Waals surface area (Å²) in [6.45, 7) is 5.99. The second-order valence-electron chi connectivity index (χ2n) is 5.49. The van der Waals surface area contributed by atoms with Gasteiger partial charge < -0.3 is 14.8 Å². The number of carbonyl (C=O) groups is 1. The molecule has 0 aliphatic rings. The van der Waals surface area contributed by atoms with Crippen LogP contribution in [0.3, 0.4) is 0 Å². The Hall–Kier alpha value is -2.49. The lowest BCUT2D eigenvalue weighted by Gasteiger charge is -2.12. The lowest BCUT2D eigenvalue weighted by atomic mass is 10.1. The zero-order chi connectivity index (χ0) is 16.7. The molecule has 2 aromatic carbocycles. The van der Waals surface area contributed by atoms with Crippen LogP contribution in [0.15, 0.2) is 48.5 Å².